The molecular formula is C6H16O8. The summed E-state index contributed by atoms with van der Waals surface area (Å²) in [6, 6.07) is 0. The zero-order valence-electron chi connectivity index (χ0n) is 7.13. The van der Waals surface area contributed by atoms with Crippen molar-refractivity contribution in [3.8, 4) is 0 Å². The molecule has 0 aromatic heterocycles. The molecule has 0 radical (unpaired) electrons. The maximum atomic E-state index is 10.3. The second kappa shape index (κ2) is 17.6. The zero-order chi connectivity index (χ0) is 5.98. The molecule has 1 aliphatic carbocycles. The molecule has 0 fully saturated rings. The van der Waals surface area contributed by atoms with Gasteiger partial charge in [0.1, 0.15) is 0 Å². The molecule has 0 bridgehead atoms. The van der Waals surface area contributed by atoms with E-state index >= 15 is 0 Å². The molecule has 0 aromatic rings. The van der Waals surface area contributed by atoms with Gasteiger partial charge in [-0.1, -0.05) is 0 Å². The molecule has 88 valence electrons. The number of ketones is 2. The average Bonchev–Trinajstić information content (AvgIpc) is 1.77. The highest BCUT2D eigenvalue weighted by Crippen LogP contribution is 1.90. The third kappa shape index (κ3) is 13.2. The van der Waals surface area contributed by atoms with Gasteiger partial charge in [-0.25, -0.2) is 0 Å². The highest BCUT2D eigenvalue weighted by molar-refractivity contribution is 6.14. The topological polar surface area (TPSA) is 223 Å². The Bertz CT molecular complexity index is 156. The molecule has 14 heavy (non-hydrogen) atoms. The van der Waals surface area contributed by atoms with Crippen molar-refractivity contribution in [3.63, 3.8) is 0 Å². The van der Waals surface area contributed by atoms with Crippen LogP contribution in [0.4, 0.5) is 0 Å². The van der Waals surface area contributed by atoms with E-state index in [9.17, 15) is 9.59 Å². The Morgan fingerprint density at radius 3 is 0.786 bits per heavy atom. The Hall–Kier alpha value is -1.42. The van der Waals surface area contributed by atoms with Crippen molar-refractivity contribution >= 4 is 11.6 Å². The number of allylic oxidation sites excluding steroid dienone is 4. The second-order valence-electron chi connectivity index (χ2n) is 1.47. The summed E-state index contributed by atoms with van der Waals surface area (Å²) >= 11 is 0. The number of carbonyl (C=O) groups is 2. The lowest BCUT2D eigenvalue weighted by Crippen LogP contribution is -1.97. The summed E-state index contributed by atoms with van der Waals surface area (Å²) in [7, 11) is 0. The Balaban J connectivity index is -0.0000000267. The molecule has 0 aliphatic heterocycles. The van der Waals surface area contributed by atoms with Crippen molar-refractivity contribution in [1.29, 1.82) is 0 Å². The molecule has 0 heterocycles. The zero-order valence-corrected chi connectivity index (χ0v) is 7.13. The van der Waals surface area contributed by atoms with Gasteiger partial charge in [-0.3, -0.25) is 9.59 Å². The first-order valence-electron chi connectivity index (χ1n) is 2.23. The van der Waals surface area contributed by atoms with E-state index in [0.29, 0.717) is 0 Å². The van der Waals surface area contributed by atoms with Gasteiger partial charge in [-0.15, -0.1) is 0 Å². The van der Waals surface area contributed by atoms with Gasteiger partial charge in [0.2, 0.25) is 0 Å². The minimum absolute atomic E-state index is 0. The van der Waals surface area contributed by atoms with Gasteiger partial charge < -0.3 is 32.9 Å². The lowest BCUT2D eigenvalue weighted by molar-refractivity contribution is -0.113. The van der Waals surface area contributed by atoms with Crippen LogP contribution in [-0.2, 0) is 9.59 Å². The molecule has 1 aliphatic rings. The lowest BCUT2D eigenvalue weighted by atomic mass is 10.2. The fourth-order valence-corrected chi connectivity index (χ4v) is 0.440. The summed E-state index contributed by atoms with van der Waals surface area (Å²) in [5.74, 6) is -0.241. The molecule has 0 aromatic carbocycles. The SMILES string of the molecule is O.O.O.O.O.O.O=C1C=CC(=O)C=C1. The standard InChI is InChI=1S/C6H4O2.6H2O/c7-5-1-2-6(8)4-3-5;;;;;;/h1-4H;6*1H2. The van der Waals surface area contributed by atoms with E-state index < -0.39 is 0 Å². The number of rotatable bonds is 0. The Kier molecular flexibility index (Phi) is 49.0. The molecule has 0 saturated carbocycles. The van der Waals surface area contributed by atoms with Crippen molar-refractivity contribution in [2.75, 3.05) is 0 Å². The van der Waals surface area contributed by atoms with Crippen LogP contribution in [0.5, 0.6) is 0 Å². The maximum absolute atomic E-state index is 10.3. The van der Waals surface area contributed by atoms with E-state index in [1.165, 1.54) is 24.3 Å². The van der Waals surface area contributed by atoms with Crippen molar-refractivity contribution in [2.24, 2.45) is 0 Å². The van der Waals surface area contributed by atoms with Gasteiger partial charge in [-0.05, 0) is 24.3 Å². The molecule has 12 N–H and O–H groups in total. The Morgan fingerprint density at radius 2 is 0.643 bits per heavy atom. The summed E-state index contributed by atoms with van der Waals surface area (Å²) in [5, 5.41) is 0. The van der Waals surface area contributed by atoms with Crippen LogP contribution >= 0.6 is 0 Å². The molecule has 0 amide bonds. The Labute approximate surface area is 79.4 Å². The third-order valence-corrected chi connectivity index (χ3v) is 0.824. The van der Waals surface area contributed by atoms with Crippen LogP contribution in [0.1, 0.15) is 0 Å². The molecule has 0 atom stereocenters. The number of hydrogen-bond acceptors (Lipinski definition) is 2. The Morgan fingerprint density at radius 1 is 0.500 bits per heavy atom. The number of hydrogen-bond donors (Lipinski definition) is 0. The fourth-order valence-electron chi connectivity index (χ4n) is 0.440. The van der Waals surface area contributed by atoms with Crippen LogP contribution in [-0.4, -0.2) is 44.4 Å². The van der Waals surface area contributed by atoms with Crippen molar-refractivity contribution < 1.29 is 42.4 Å². The van der Waals surface area contributed by atoms with Crippen LogP contribution in [0.25, 0.3) is 0 Å². The molecular weight excluding hydrogens is 200 g/mol. The van der Waals surface area contributed by atoms with E-state index in [1.54, 1.807) is 0 Å². The number of carbonyl (C=O) groups excluding carboxylic acids is 2. The van der Waals surface area contributed by atoms with Gasteiger partial charge in [0.15, 0.2) is 11.6 Å². The van der Waals surface area contributed by atoms with E-state index in [-0.39, 0.29) is 44.4 Å². The summed E-state index contributed by atoms with van der Waals surface area (Å²) in [6.07, 6.45) is 5.01. The van der Waals surface area contributed by atoms with Crippen LogP contribution in [0.15, 0.2) is 24.3 Å². The van der Waals surface area contributed by atoms with Gasteiger partial charge in [-0.2, -0.15) is 0 Å². The molecule has 0 spiro atoms. The smallest absolute Gasteiger partial charge is 0.178 e. The molecule has 8 heteroatoms. The minimum Gasteiger partial charge on any atom is -0.412 e. The summed E-state index contributed by atoms with van der Waals surface area (Å²) in [5.41, 5.74) is 0. The molecule has 0 unspecified atom stereocenters. The summed E-state index contributed by atoms with van der Waals surface area (Å²) < 4.78 is 0. The lowest BCUT2D eigenvalue weighted by Gasteiger charge is -1.87. The van der Waals surface area contributed by atoms with E-state index in [0.717, 1.165) is 0 Å². The maximum Gasteiger partial charge on any atom is 0.178 e. The highest BCUT2D eigenvalue weighted by atomic mass is 16.1. The predicted octanol–water partition coefficient (Wildman–Crippen LogP) is -4.70. The normalized spacial score (nSPS) is 10.0. The van der Waals surface area contributed by atoms with Crippen LogP contribution in [0.2, 0.25) is 0 Å². The predicted molar refractivity (Wildman–Crippen MR) is 50.0 cm³/mol. The fraction of sp³-hybridized carbons (Fsp3) is 0. The average molecular weight is 216 g/mol. The van der Waals surface area contributed by atoms with Gasteiger partial charge in [0.05, 0.1) is 0 Å². The molecule has 0 saturated heterocycles. The van der Waals surface area contributed by atoms with Crippen molar-refractivity contribution in [3.05, 3.63) is 24.3 Å². The van der Waals surface area contributed by atoms with Crippen LogP contribution < -0.4 is 0 Å². The van der Waals surface area contributed by atoms with Crippen LogP contribution in [0, 0.1) is 0 Å². The monoisotopic (exact) mass is 216 g/mol. The third-order valence-electron chi connectivity index (χ3n) is 0.824. The second-order valence-corrected chi connectivity index (χ2v) is 1.47. The van der Waals surface area contributed by atoms with Crippen molar-refractivity contribution in [1.82, 2.24) is 0 Å². The minimum atomic E-state index is -0.121. The van der Waals surface area contributed by atoms with E-state index in [1.807, 2.05) is 0 Å². The van der Waals surface area contributed by atoms with Gasteiger partial charge >= 0.3 is 0 Å². The first-order chi connectivity index (χ1) is 3.79. The van der Waals surface area contributed by atoms with E-state index in [2.05, 4.69) is 0 Å². The largest absolute Gasteiger partial charge is 0.412 e. The first-order valence-corrected chi connectivity index (χ1v) is 2.23. The van der Waals surface area contributed by atoms with Gasteiger partial charge in [0, 0.05) is 0 Å². The van der Waals surface area contributed by atoms with Gasteiger partial charge in [0.25, 0.3) is 0 Å². The van der Waals surface area contributed by atoms with Crippen molar-refractivity contribution in [2.45, 2.75) is 0 Å². The first kappa shape index (κ1) is 39.0. The summed E-state index contributed by atoms with van der Waals surface area (Å²) in [6.45, 7) is 0. The van der Waals surface area contributed by atoms with Crippen LogP contribution in [0.3, 0.4) is 0 Å². The van der Waals surface area contributed by atoms with E-state index in [4.69, 9.17) is 0 Å². The summed E-state index contributed by atoms with van der Waals surface area (Å²) in [4.78, 5) is 20.6. The quantitative estimate of drug-likeness (QED) is 0.363. The molecule has 8 nitrogen and oxygen atoms in total. The molecule has 1 rings (SSSR count). The highest BCUT2D eigenvalue weighted by Gasteiger charge is 1.97.